The third kappa shape index (κ3) is 2.16. The van der Waals surface area contributed by atoms with Crippen LogP contribution < -0.4 is 0 Å². The van der Waals surface area contributed by atoms with Crippen LogP contribution in [0.2, 0.25) is 0 Å². The number of para-hydroxylation sites is 1. The van der Waals surface area contributed by atoms with E-state index in [1.807, 2.05) is 0 Å². The van der Waals surface area contributed by atoms with Crippen molar-refractivity contribution in [2.24, 2.45) is 0 Å². The molecule has 100 valence electrons. The van der Waals surface area contributed by atoms with Gasteiger partial charge in [-0.1, -0.05) is 18.2 Å². The second-order valence-electron chi connectivity index (χ2n) is 3.78. The van der Waals surface area contributed by atoms with Gasteiger partial charge in [-0.3, -0.25) is 9.78 Å². The zero-order chi connectivity index (χ0) is 14.3. The van der Waals surface area contributed by atoms with Crippen LogP contribution in [0.15, 0.2) is 36.5 Å². The van der Waals surface area contributed by atoms with E-state index in [1.165, 1.54) is 30.5 Å². The van der Waals surface area contributed by atoms with Gasteiger partial charge in [0, 0.05) is 11.6 Å². The zero-order valence-electron chi connectivity index (χ0n) is 9.21. The quantitative estimate of drug-likeness (QED) is 0.619. The summed E-state index contributed by atoms with van der Waals surface area (Å²) in [6.45, 7) is 0. The van der Waals surface area contributed by atoms with Crippen molar-refractivity contribution in [3.63, 3.8) is 0 Å². The molecule has 2 aromatic rings. The highest BCUT2D eigenvalue weighted by atomic mass is 19.4. The summed E-state index contributed by atoms with van der Waals surface area (Å²) in [6.07, 6.45) is -4.72. The zero-order valence-corrected chi connectivity index (χ0v) is 9.21. The molecule has 0 spiro atoms. The number of pyridine rings is 1. The van der Waals surface area contributed by atoms with Crippen molar-refractivity contribution in [2.75, 3.05) is 0 Å². The molecule has 7 heteroatoms. The number of hydrogen-bond donors (Lipinski definition) is 0. The van der Waals surface area contributed by atoms with Crippen molar-refractivity contribution < 1.29 is 26.7 Å². The molecule has 1 aromatic heterocycles. The smallest absolute Gasteiger partial charge is 0.287 e. The molecular formula is C12H6F5NO. The summed E-state index contributed by atoms with van der Waals surface area (Å²) in [5.41, 5.74) is -0.931. The topological polar surface area (TPSA) is 30.0 Å². The average molecular weight is 275 g/mol. The van der Waals surface area contributed by atoms with Gasteiger partial charge in [0.2, 0.25) is 5.78 Å². The average Bonchev–Trinajstić information content (AvgIpc) is 2.36. The van der Waals surface area contributed by atoms with Crippen LogP contribution in [0.5, 0.6) is 0 Å². The fourth-order valence-corrected chi connectivity index (χ4v) is 1.59. The Hall–Kier alpha value is -2.05. The van der Waals surface area contributed by atoms with Gasteiger partial charge >= 0.3 is 12.1 Å². The minimum Gasteiger partial charge on any atom is -0.287 e. The Balaban J connectivity index is 2.60. The molecule has 19 heavy (non-hydrogen) atoms. The van der Waals surface area contributed by atoms with E-state index in [0.717, 1.165) is 6.07 Å². The molecule has 0 aliphatic rings. The van der Waals surface area contributed by atoms with Crippen molar-refractivity contribution in [3.8, 4) is 0 Å². The lowest BCUT2D eigenvalue weighted by Gasteiger charge is -2.18. The monoisotopic (exact) mass is 275 g/mol. The number of Topliss-reactive ketones (excluding diaryl/α,β-unsaturated/α-hetero) is 1. The molecule has 0 N–H and O–H groups in total. The Bertz CT molecular complexity index is 630. The minimum atomic E-state index is -5.93. The lowest BCUT2D eigenvalue weighted by atomic mass is 10.0. The van der Waals surface area contributed by atoms with Crippen molar-refractivity contribution in [3.05, 3.63) is 42.1 Å². The third-order valence-electron chi connectivity index (χ3n) is 2.52. The fraction of sp³-hybridized carbons (Fsp3) is 0.167. The maximum absolute atomic E-state index is 13.0. The van der Waals surface area contributed by atoms with Gasteiger partial charge in [-0.15, -0.1) is 0 Å². The van der Waals surface area contributed by atoms with Crippen LogP contribution >= 0.6 is 0 Å². The number of ketones is 1. The Morgan fingerprint density at radius 1 is 1.00 bits per heavy atom. The predicted molar refractivity (Wildman–Crippen MR) is 57.1 cm³/mol. The first-order chi connectivity index (χ1) is 8.75. The summed E-state index contributed by atoms with van der Waals surface area (Å²) in [6, 6.07) is 6.54. The van der Waals surface area contributed by atoms with Gasteiger partial charge in [0.25, 0.3) is 0 Å². The molecular weight excluding hydrogens is 269 g/mol. The maximum Gasteiger partial charge on any atom is 0.461 e. The Morgan fingerprint density at radius 3 is 2.26 bits per heavy atom. The SMILES string of the molecule is O=C(c1cccc2cccnc12)C(F)(F)C(F)(F)F. The number of aromatic nitrogens is 1. The molecule has 1 heterocycles. The summed E-state index contributed by atoms with van der Waals surface area (Å²) < 4.78 is 62.6. The number of alkyl halides is 5. The highest BCUT2D eigenvalue weighted by Crippen LogP contribution is 2.38. The third-order valence-corrected chi connectivity index (χ3v) is 2.52. The molecule has 0 aliphatic heterocycles. The number of hydrogen-bond acceptors (Lipinski definition) is 2. The molecule has 0 aliphatic carbocycles. The summed E-state index contributed by atoms with van der Waals surface area (Å²) in [7, 11) is 0. The highest BCUT2D eigenvalue weighted by molar-refractivity contribution is 6.10. The van der Waals surface area contributed by atoms with Gasteiger partial charge in [-0.2, -0.15) is 22.0 Å². The van der Waals surface area contributed by atoms with Crippen LogP contribution in [-0.4, -0.2) is 22.9 Å². The summed E-state index contributed by atoms with van der Waals surface area (Å²) in [5, 5.41) is 0.311. The highest BCUT2D eigenvalue weighted by Gasteiger charge is 2.63. The standard InChI is InChI=1S/C12H6F5NO/c13-11(14,12(15,16)17)10(19)8-5-1-3-7-4-2-6-18-9(7)8/h1-6H. The van der Waals surface area contributed by atoms with Gasteiger partial charge in [0.1, 0.15) is 0 Å². The molecule has 0 atom stereocenters. The fourth-order valence-electron chi connectivity index (χ4n) is 1.59. The second-order valence-corrected chi connectivity index (χ2v) is 3.78. The first kappa shape index (κ1) is 13.4. The number of benzene rings is 1. The lowest BCUT2D eigenvalue weighted by Crippen LogP contribution is -2.44. The van der Waals surface area contributed by atoms with E-state index < -0.39 is 23.4 Å². The molecule has 0 saturated heterocycles. The van der Waals surface area contributed by atoms with E-state index >= 15 is 0 Å². The van der Waals surface area contributed by atoms with Crippen LogP contribution in [0.3, 0.4) is 0 Å². The largest absolute Gasteiger partial charge is 0.461 e. The number of carbonyl (C=O) groups is 1. The molecule has 0 saturated carbocycles. The summed E-state index contributed by atoms with van der Waals surface area (Å²) in [5.74, 6) is -7.73. The van der Waals surface area contributed by atoms with Crippen LogP contribution in [0.4, 0.5) is 22.0 Å². The lowest BCUT2D eigenvalue weighted by molar-refractivity contribution is -0.255. The van der Waals surface area contributed by atoms with E-state index in [4.69, 9.17) is 0 Å². The molecule has 1 aromatic carbocycles. The Labute approximate surface area is 103 Å². The molecule has 2 nitrogen and oxygen atoms in total. The first-order valence-electron chi connectivity index (χ1n) is 5.08. The second kappa shape index (κ2) is 4.25. The van der Waals surface area contributed by atoms with Crippen LogP contribution in [-0.2, 0) is 0 Å². The number of rotatable bonds is 2. The summed E-state index contributed by atoms with van der Waals surface area (Å²) >= 11 is 0. The van der Waals surface area contributed by atoms with Crippen molar-refractivity contribution >= 4 is 16.7 Å². The molecule has 2 rings (SSSR count). The van der Waals surface area contributed by atoms with Crippen molar-refractivity contribution in [1.82, 2.24) is 4.98 Å². The number of carbonyl (C=O) groups excluding carboxylic acids is 1. The van der Waals surface area contributed by atoms with Crippen molar-refractivity contribution in [2.45, 2.75) is 12.1 Å². The molecule has 0 bridgehead atoms. The van der Waals surface area contributed by atoms with Gasteiger partial charge < -0.3 is 0 Å². The first-order valence-corrected chi connectivity index (χ1v) is 5.08. The predicted octanol–water partition coefficient (Wildman–Crippen LogP) is 3.62. The summed E-state index contributed by atoms with van der Waals surface area (Å²) in [4.78, 5) is 15.1. The molecule has 0 unspecified atom stereocenters. The maximum atomic E-state index is 13.0. The minimum absolute atomic E-state index is 0.182. The van der Waals surface area contributed by atoms with Crippen LogP contribution in [0.1, 0.15) is 10.4 Å². The van der Waals surface area contributed by atoms with E-state index in [9.17, 15) is 26.7 Å². The van der Waals surface area contributed by atoms with Gasteiger partial charge in [0.15, 0.2) is 0 Å². The van der Waals surface area contributed by atoms with Crippen LogP contribution in [0, 0.1) is 0 Å². The normalized spacial score (nSPS) is 12.7. The number of fused-ring (bicyclic) bond motifs is 1. The van der Waals surface area contributed by atoms with Gasteiger partial charge in [0.05, 0.1) is 11.1 Å². The molecule has 0 fully saturated rings. The van der Waals surface area contributed by atoms with E-state index in [-0.39, 0.29) is 5.52 Å². The molecule has 0 amide bonds. The van der Waals surface area contributed by atoms with E-state index in [1.54, 1.807) is 0 Å². The van der Waals surface area contributed by atoms with Crippen LogP contribution in [0.25, 0.3) is 10.9 Å². The molecule has 0 radical (unpaired) electrons. The number of nitrogens with zero attached hydrogens (tertiary/aromatic N) is 1. The van der Waals surface area contributed by atoms with Gasteiger partial charge in [-0.05, 0) is 12.1 Å². The number of halogens is 5. The van der Waals surface area contributed by atoms with Crippen molar-refractivity contribution in [1.29, 1.82) is 0 Å². The Kier molecular flexibility index (Phi) is 3.00. The van der Waals surface area contributed by atoms with E-state index in [2.05, 4.69) is 4.98 Å². The Morgan fingerprint density at radius 2 is 1.63 bits per heavy atom. The van der Waals surface area contributed by atoms with Gasteiger partial charge in [-0.25, -0.2) is 0 Å². The van der Waals surface area contributed by atoms with E-state index in [0.29, 0.717) is 5.39 Å².